The number of aryl methyl sites for hydroxylation is 2. The molecule has 1 aromatic heterocycles. The number of hydrogen-bond acceptors (Lipinski definition) is 2. The summed E-state index contributed by atoms with van der Waals surface area (Å²) in [6.45, 7) is 6.15. The van der Waals surface area contributed by atoms with Crippen molar-refractivity contribution in [3.05, 3.63) is 75.8 Å². The van der Waals surface area contributed by atoms with Gasteiger partial charge in [-0.2, -0.15) is 5.10 Å². The summed E-state index contributed by atoms with van der Waals surface area (Å²) in [4.78, 5) is 0. The first-order valence-corrected chi connectivity index (χ1v) is 9.82. The van der Waals surface area contributed by atoms with Crippen molar-refractivity contribution in [3.63, 3.8) is 0 Å². The minimum absolute atomic E-state index is 0.249. The van der Waals surface area contributed by atoms with Crippen LogP contribution >= 0.6 is 23.8 Å². The molecule has 0 aliphatic carbocycles. The van der Waals surface area contributed by atoms with Crippen LogP contribution < -0.4 is 10.6 Å². The molecule has 4 nitrogen and oxygen atoms in total. The Hall–Kier alpha value is -2.44. The highest BCUT2D eigenvalue weighted by Crippen LogP contribution is 2.25. The molecule has 0 bridgehead atoms. The summed E-state index contributed by atoms with van der Waals surface area (Å²) in [6, 6.07) is 12.7. The number of halogens is 2. The number of rotatable bonds is 5. The first-order chi connectivity index (χ1) is 13.4. The monoisotopic (exact) mass is 416 g/mol. The maximum Gasteiger partial charge on any atom is 0.175 e. The van der Waals surface area contributed by atoms with E-state index >= 15 is 0 Å². The molecule has 0 saturated heterocycles. The predicted molar refractivity (Wildman–Crippen MR) is 118 cm³/mol. The van der Waals surface area contributed by atoms with Crippen LogP contribution in [0.15, 0.2) is 42.5 Å². The van der Waals surface area contributed by atoms with Gasteiger partial charge in [0.05, 0.1) is 23.6 Å². The van der Waals surface area contributed by atoms with Crippen molar-refractivity contribution in [1.29, 1.82) is 0 Å². The maximum absolute atomic E-state index is 14.1. The van der Waals surface area contributed by atoms with Gasteiger partial charge in [-0.1, -0.05) is 42.8 Å². The molecule has 0 aliphatic heterocycles. The third kappa shape index (κ3) is 4.34. The van der Waals surface area contributed by atoms with Gasteiger partial charge in [0, 0.05) is 16.3 Å². The second-order valence-corrected chi connectivity index (χ2v) is 7.31. The lowest BCUT2D eigenvalue weighted by atomic mass is 10.1. The number of para-hydroxylation sites is 1. The molecular formula is C21H22ClFN4S. The summed E-state index contributed by atoms with van der Waals surface area (Å²) < 4.78 is 15.9. The maximum atomic E-state index is 14.1. The van der Waals surface area contributed by atoms with E-state index in [2.05, 4.69) is 28.7 Å². The van der Waals surface area contributed by atoms with Gasteiger partial charge in [-0.3, -0.25) is 4.68 Å². The normalized spacial score (nSPS) is 10.8. The number of hydrogen-bond donors (Lipinski definition) is 2. The predicted octanol–water partition coefficient (Wildman–Crippen LogP) is 5.71. The molecule has 1 heterocycles. The van der Waals surface area contributed by atoms with E-state index in [9.17, 15) is 4.39 Å². The molecule has 146 valence electrons. The Morgan fingerprint density at radius 1 is 1.14 bits per heavy atom. The third-order valence-electron chi connectivity index (χ3n) is 4.64. The molecule has 0 unspecified atom stereocenters. The minimum atomic E-state index is -0.345. The highest BCUT2D eigenvalue weighted by atomic mass is 35.5. The topological polar surface area (TPSA) is 41.9 Å². The van der Waals surface area contributed by atoms with E-state index < -0.39 is 0 Å². The van der Waals surface area contributed by atoms with Crippen LogP contribution in [0.25, 0.3) is 0 Å². The van der Waals surface area contributed by atoms with E-state index in [1.54, 1.807) is 16.8 Å². The standard InChI is InChI=1S/C21H22ClFN4S/c1-4-15-8-5-6-11-19(15)24-21(28)25-20-13(2)26-27(14(20)3)12-16-17(22)9-7-10-18(16)23/h5-11H,4,12H2,1-3H3,(H2,24,25,28). The van der Waals surface area contributed by atoms with Crippen LogP contribution in [0.2, 0.25) is 5.02 Å². The minimum Gasteiger partial charge on any atom is -0.332 e. The number of nitrogens with one attached hydrogen (secondary N) is 2. The largest absolute Gasteiger partial charge is 0.332 e. The summed E-state index contributed by atoms with van der Waals surface area (Å²) >= 11 is 11.6. The van der Waals surface area contributed by atoms with Crippen LogP contribution in [-0.2, 0) is 13.0 Å². The third-order valence-corrected chi connectivity index (χ3v) is 5.19. The summed E-state index contributed by atoms with van der Waals surface area (Å²) in [5.41, 5.74) is 5.01. The molecular weight excluding hydrogens is 395 g/mol. The Bertz CT molecular complexity index is 995. The number of anilines is 2. The molecule has 2 aromatic carbocycles. The number of aromatic nitrogens is 2. The fourth-order valence-electron chi connectivity index (χ4n) is 3.08. The first kappa shape index (κ1) is 20.3. The van der Waals surface area contributed by atoms with Crippen LogP contribution in [0.3, 0.4) is 0 Å². The van der Waals surface area contributed by atoms with Gasteiger partial charge in [0.2, 0.25) is 0 Å². The van der Waals surface area contributed by atoms with Gasteiger partial charge in [-0.05, 0) is 56.2 Å². The van der Waals surface area contributed by atoms with Crippen molar-refractivity contribution < 1.29 is 4.39 Å². The molecule has 28 heavy (non-hydrogen) atoms. The van der Waals surface area contributed by atoms with Gasteiger partial charge >= 0.3 is 0 Å². The zero-order valence-corrected chi connectivity index (χ0v) is 17.6. The lowest BCUT2D eigenvalue weighted by Gasteiger charge is -2.14. The summed E-state index contributed by atoms with van der Waals surface area (Å²) in [5, 5.41) is 11.9. The van der Waals surface area contributed by atoms with Crippen molar-refractivity contribution in [2.75, 3.05) is 10.6 Å². The van der Waals surface area contributed by atoms with Crippen molar-refractivity contribution in [1.82, 2.24) is 9.78 Å². The average Bonchev–Trinajstić information content (AvgIpc) is 2.92. The van der Waals surface area contributed by atoms with E-state index in [-0.39, 0.29) is 12.4 Å². The average molecular weight is 417 g/mol. The van der Waals surface area contributed by atoms with Crippen LogP contribution in [0.5, 0.6) is 0 Å². The highest BCUT2D eigenvalue weighted by Gasteiger charge is 2.16. The van der Waals surface area contributed by atoms with Crippen LogP contribution in [0, 0.1) is 19.7 Å². The quantitative estimate of drug-likeness (QED) is 0.522. The first-order valence-electron chi connectivity index (χ1n) is 9.03. The van der Waals surface area contributed by atoms with E-state index in [0.717, 1.165) is 29.2 Å². The highest BCUT2D eigenvalue weighted by molar-refractivity contribution is 7.80. The van der Waals surface area contributed by atoms with Gasteiger partial charge in [-0.15, -0.1) is 0 Å². The van der Waals surface area contributed by atoms with Gasteiger partial charge in [0.1, 0.15) is 5.82 Å². The Morgan fingerprint density at radius 3 is 2.61 bits per heavy atom. The Labute approximate surface area is 174 Å². The number of thiocarbonyl (C=S) groups is 1. The summed E-state index contributed by atoms with van der Waals surface area (Å²) in [5.74, 6) is -0.345. The van der Waals surface area contributed by atoms with E-state index in [0.29, 0.717) is 15.7 Å². The van der Waals surface area contributed by atoms with Gasteiger partial charge in [-0.25, -0.2) is 4.39 Å². The van der Waals surface area contributed by atoms with Crippen molar-refractivity contribution >= 4 is 40.3 Å². The molecule has 0 radical (unpaired) electrons. The molecule has 0 spiro atoms. The smallest absolute Gasteiger partial charge is 0.175 e. The number of benzene rings is 2. The Morgan fingerprint density at radius 2 is 1.89 bits per heavy atom. The van der Waals surface area contributed by atoms with Crippen LogP contribution in [-0.4, -0.2) is 14.9 Å². The molecule has 3 aromatic rings. The summed E-state index contributed by atoms with van der Waals surface area (Å²) in [7, 11) is 0. The SMILES string of the molecule is CCc1ccccc1NC(=S)Nc1c(C)nn(Cc2c(F)cccc2Cl)c1C. The van der Waals surface area contributed by atoms with Crippen LogP contribution in [0.4, 0.5) is 15.8 Å². The van der Waals surface area contributed by atoms with E-state index in [1.807, 2.05) is 32.0 Å². The fraction of sp³-hybridized carbons (Fsp3) is 0.238. The van der Waals surface area contributed by atoms with E-state index in [1.165, 1.54) is 11.6 Å². The molecule has 0 fully saturated rings. The Balaban J connectivity index is 1.79. The summed E-state index contributed by atoms with van der Waals surface area (Å²) in [6.07, 6.45) is 0.908. The molecule has 0 saturated carbocycles. The van der Waals surface area contributed by atoms with Crippen molar-refractivity contribution in [3.8, 4) is 0 Å². The second-order valence-electron chi connectivity index (χ2n) is 6.49. The molecule has 3 rings (SSSR count). The molecule has 2 N–H and O–H groups in total. The van der Waals surface area contributed by atoms with Crippen LogP contribution in [0.1, 0.15) is 29.4 Å². The zero-order valence-electron chi connectivity index (χ0n) is 16.0. The van der Waals surface area contributed by atoms with Crippen molar-refractivity contribution in [2.24, 2.45) is 0 Å². The number of nitrogens with zero attached hydrogens (tertiary/aromatic N) is 2. The van der Waals surface area contributed by atoms with Gasteiger partial charge < -0.3 is 10.6 Å². The molecule has 0 amide bonds. The Kier molecular flexibility index (Phi) is 6.31. The molecule has 7 heteroatoms. The van der Waals surface area contributed by atoms with Gasteiger partial charge in [0.25, 0.3) is 0 Å². The fourth-order valence-corrected chi connectivity index (χ4v) is 3.52. The lowest BCUT2D eigenvalue weighted by molar-refractivity contribution is 0.579. The van der Waals surface area contributed by atoms with E-state index in [4.69, 9.17) is 23.8 Å². The molecule has 0 atom stereocenters. The zero-order chi connectivity index (χ0) is 20.3. The second kappa shape index (κ2) is 8.71. The van der Waals surface area contributed by atoms with Gasteiger partial charge in [0.15, 0.2) is 5.11 Å². The molecule has 0 aliphatic rings. The lowest BCUT2D eigenvalue weighted by Crippen LogP contribution is -2.20. The van der Waals surface area contributed by atoms with Crippen molar-refractivity contribution in [2.45, 2.75) is 33.7 Å².